The van der Waals surface area contributed by atoms with Crippen molar-refractivity contribution in [3.8, 4) is 11.1 Å². The molecule has 0 radical (unpaired) electrons. The number of amides is 1. The molecular weight excluding hydrogens is 354 g/mol. The summed E-state index contributed by atoms with van der Waals surface area (Å²) in [6.07, 6.45) is -0.863. The second kappa shape index (κ2) is 7.62. The van der Waals surface area contributed by atoms with Gasteiger partial charge in [0.2, 0.25) is 0 Å². The standard InChI is InChI=1S/C20H18ClNO4/c1-12(21)10-18(19(23)24)22-20(25)26-11-17-15-8-4-2-6-13(15)14-7-3-5-9-16(14)17/h2-9,17-18H,1,10-11H2,(H,22,25)(H,23,24)/t18-/m0/s1. The zero-order valence-corrected chi connectivity index (χ0v) is 14.7. The van der Waals surface area contributed by atoms with Gasteiger partial charge < -0.3 is 15.2 Å². The van der Waals surface area contributed by atoms with E-state index in [0.29, 0.717) is 0 Å². The molecule has 0 spiro atoms. The highest BCUT2D eigenvalue weighted by atomic mass is 35.5. The van der Waals surface area contributed by atoms with Crippen molar-refractivity contribution in [2.45, 2.75) is 18.4 Å². The third-order valence-corrected chi connectivity index (χ3v) is 4.51. The van der Waals surface area contributed by atoms with Crippen molar-refractivity contribution in [3.63, 3.8) is 0 Å². The second-order valence-electron chi connectivity index (χ2n) is 6.08. The minimum Gasteiger partial charge on any atom is -0.480 e. The van der Waals surface area contributed by atoms with E-state index in [1.807, 2.05) is 48.5 Å². The molecule has 0 saturated heterocycles. The SMILES string of the molecule is C=C(Cl)C[C@H](NC(=O)OCC1c2ccccc2-c2ccccc21)C(=O)O. The molecule has 0 fully saturated rings. The Morgan fingerprint density at radius 1 is 1.12 bits per heavy atom. The molecule has 134 valence electrons. The Kier molecular flexibility index (Phi) is 5.28. The zero-order chi connectivity index (χ0) is 18.7. The fourth-order valence-electron chi connectivity index (χ4n) is 3.20. The number of carbonyl (C=O) groups excluding carboxylic acids is 1. The van der Waals surface area contributed by atoms with E-state index in [1.54, 1.807) is 0 Å². The van der Waals surface area contributed by atoms with Gasteiger partial charge in [0.15, 0.2) is 0 Å². The molecule has 0 bridgehead atoms. The smallest absolute Gasteiger partial charge is 0.407 e. The van der Waals surface area contributed by atoms with Crippen LogP contribution < -0.4 is 5.32 Å². The molecule has 5 nitrogen and oxygen atoms in total. The maximum absolute atomic E-state index is 12.1. The summed E-state index contributed by atoms with van der Waals surface area (Å²) in [5.41, 5.74) is 4.42. The lowest BCUT2D eigenvalue weighted by atomic mass is 9.98. The Labute approximate surface area is 156 Å². The van der Waals surface area contributed by atoms with Crippen LogP contribution >= 0.6 is 11.6 Å². The third kappa shape index (κ3) is 3.73. The quantitative estimate of drug-likeness (QED) is 0.800. The average molecular weight is 372 g/mol. The number of carboxylic acids is 1. The minimum atomic E-state index is -1.19. The molecule has 0 heterocycles. The molecule has 0 saturated carbocycles. The van der Waals surface area contributed by atoms with E-state index < -0.39 is 18.1 Å². The van der Waals surface area contributed by atoms with Crippen LogP contribution in [-0.4, -0.2) is 29.8 Å². The van der Waals surface area contributed by atoms with Gasteiger partial charge in [-0.15, -0.1) is 0 Å². The molecule has 26 heavy (non-hydrogen) atoms. The van der Waals surface area contributed by atoms with Crippen LogP contribution in [0.4, 0.5) is 4.79 Å². The Balaban J connectivity index is 1.71. The number of benzene rings is 2. The molecule has 6 heteroatoms. The van der Waals surface area contributed by atoms with Crippen molar-refractivity contribution in [1.82, 2.24) is 5.32 Å². The number of carboxylic acid groups (broad SMARTS) is 1. The van der Waals surface area contributed by atoms with Gasteiger partial charge in [-0.25, -0.2) is 9.59 Å². The van der Waals surface area contributed by atoms with Crippen molar-refractivity contribution < 1.29 is 19.4 Å². The zero-order valence-electron chi connectivity index (χ0n) is 13.9. The molecular formula is C20H18ClNO4. The van der Waals surface area contributed by atoms with Gasteiger partial charge in [0.05, 0.1) is 0 Å². The van der Waals surface area contributed by atoms with E-state index in [1.165, 1.54) is 0 Å². The molecule has 1 aliphatic carbocycles. The largest absolute Gasteiger partial charge is 0.480 e. The summed E-state index contributed by atoms with van der Waals surface area (Å²) in [5, 5.41) is 11.6. The lowest BCUT2D eigenvalue weighted by Crippen LogP contribution is -2.41. The van der Waals surface area contributed by atoms with Crippen LogP contribution in [0.1, 0.15) is 23.5 Å². The average Bonchev–Trinajstić information content (AvgIpc) is 2.93. The number of alkyl carbamates (subject to hydrolysis) is 1. The predicted octanol–water partition coefficient (Wildman–Crippen LogP) is 4.12. The van der Waals surface area contributed by atoms with Crippen molar-refractivity contribution in [2.24, 2.45) is 0 Å². The number of aliphatic carboxylic acids is 1. The number of carbonyl (C=O) groups is 2. The maximum atomic E-state index is 12.1. The van der Waals surface area contributed by atoms with Crippen molar-refractivity contribution in [1.29, 1.82) is 0 Å². The molecule has 0 aromatic heterocycles. The lowest BCUT2D eigenvalue weighted by molar-refractivity contribution is -0.139. The van der Waals surface area contributed by atoms with Gasteiger partial charge in [0, 0.05) is 17.4 Å². The van der Waals surface area contributed by atoms with Crippen LogP contribution in [-0.2, 0) is 9.53 Å². The summed E-state index contributed by atoms with van der Waals surface area (Å²) < 4.78 is 5.32. The first-order valence-electron chi connectivity index (χ1n) is 8.15. The van der Waals surface area contributed by atoms with Crippen molar-refractivity contribution in [3.05, 3.63) is 71.3 Å². The Morgan fingerprint density at radius 3 is 2.15 bits per heavy atom. The van der Waals surface area contributed by atoms with Crippen LogP contribution in [0, 0.1) is 0 Å². The predicted molar refractivity (Wildman–Crippen MR) is 99.2 cm³/mol. The highest BCUT2D eigenvalue weighted by molar-refractivity contribution is 6.29. The summed E-state index contributed by atoms with van der Waals surface area (Å²) in [7, 11) is 0. The van der Waals surface area contributed by atoms with Gasteiger partial charge in [-0.2, -0.15) is 0 Å². The molecule has 1 aliphatic rings. The molecule has 0 unspecified atom stereocenters. The minimum absolute atomic E-state index is 0.0684. The van der Waals surface area contributed by atoms with Gasteiger partial charge in [0.25, 0.3) is 0 Å². The lowest BCUT2D eigenvalue weighted by Gasteiger charge is -2.17. The molecule has 0 aliphatic heterocycles. The second-order valence-corrected chi connectivity index (χ2v) is 6.62. The monoisotopic (exact) mass is 371 g/mol. The highest BCUT2D eigenvalue weighted by Gasteiger charge is 2.29. The number of fused-ring (bicyclic) bond motifs is 3. The fourth-order valence-corrected chi connectivity index (χ4v) is 3.36. The number of hydrogen-bond donors (Lipinski definition) is 2. The van der Waals surface area contributed by atoms with E-state index in [2.05, 4.69) is 11.9 Å². The third-order valence-electron chi connectivity index (χ3n) is 4.36. The highest BCUT2D eigenvalue weighted by Crippen LogP contribution is 2.44. The van der Waals surface area contributed by atoms with Gasteiger partial charge in [0.1, 0.15) is 12.6 Å². The summed E-state index contributed by atoms with van der Waals surface area (Å²) in [4.78, 5) is 23.2. The number of hydrogen-bond acceptors (Lipinski definition) is 3. The van der Waals surface area contributed by atoms with Gasteiger partial charge in [-0.3, -0.25) is 0 Å². The van der Waals surface area contributed by atoms with Crippen LogP contribution in [0.3, 0.4) is 0 Å². The van der Waals surface area contributed by atoms with Crippen LogP contribution in [0.2, 0.25) is 0 Å². The first-order chi connectivity index (χ1) is 12.5. The number of rotatable bonds is 6. The van der Waals surface area contributed by atoms with Crippen molar-refractivity contribution >= 4 is 23.7 Å². The van der Waals surface area contributed by atoms with Crippen molar-refractivity contribution in [2.75, 3.05) is 6.61 Å². The summed E-state index contributed by atoms with van der Waals surface area (Å²) in [6, 6.07) is 14.8. The van der Waals surface area contributed by atoms with Crippen LogP contribution in [0.25, 0.3) is 11.1 Å². The first kappa shape index (κ1) is 18.0. The Bertz CT molecular complexity index is 819. The van der Waals surface area contributed by atoms with E-state index in [9.17, 15) is 9.59 Å². The van der Waals surface area contributed by atoms with Gasteiger partial charge >= 0.3 is 12.1 Å². The number of nitrogens with one attached hydrogen (secondary N) is 1. The van der Waals surface area contributed by atoms with Gasteiger partial charge in [-0.05, 0) is 22.3 Å². The van der Waals surface area contributed by atoms with Crippen LogP contribution in [0.15, 0.2) is 60.1 Å². The number of halogens is 1. The maximum Gasteiger partial charge on any atom is 0.407 e. The molecule has 2 aromatic rings. The van der Waals surface area contributed by atoms with E-state index >= 15 is 0 Å². The van der Waals surface area contributed by atoms with Gasteiger partial charge in [-0.1, -0.05) is 66.7 Å². The Hall–Kier alpha value is -2.79. The van der Waals surface area contributed by atoms with E-state index in [4.69, 9.17) is 21.4 Å². The molecule has 2 aromatic carbocycles. The molecule has 1 atom stereocenters. The molecule has 2 N–H and O–H groups in total. The van der Waals surface area contributed by atoms with E-state index in [-0.39, 0.29) is 24.0 Å². The summed E-state index contributed by atoms with van der Waals surface area (Å²) in [6.45, 7) is 3.57. The number of ether oxygens (including phenoxy) is 1. The summed E-state index contributed by atoms with van der Waals surface area (Å²) in [5.74, 6) is -1.28. The first-order valence-corrected chi connectivity index (χ1v) is 8.52. The molecule has 3 rings (SSSR count). The summed E-state index contributed by atoms with van der Waals surface area (Å²) >= 11 is 5.64. The normalized spacial score (nSPS) is 13.4. The Morgan fingerprint density at radius 2 is 1.65 bits per heavy atom. The van der Waals surface area contributed by atoms with E-state index in [0.717, 1.165) is 22.3 Å². The fraction of sp³-hybridized carbons (Fsp3) is 0.200. The molecule has 1 amide bonds. The van der Waals surface area contributed by atoms with Crippen LogP contribution in [0.5, 0.6) is 0 Å². The topological polar surface area (TPSA) is 75.6 Å².